The van der Waals surface area contributed by atoms with Crippen molar-refractivity contribution < 1.29 is 9.59 Å². The smallest absolute Gasteiger partial charge is 0.233 e. The van der Waals surface area contributed by atoms with E-state index in [4.69, 9.17) is 0 Å². The number of amides is 2. The molecule has 1 saturated heterocycles. The molecule has 1 aliphatic heterocycles. The molecule has 0 spiro atoms. The van der Waals surface area contributed by atoms with Gasteiger partial charge in [0, 0.05) is 18.7 Å². The third-order valence-electron chi connectivity index (χ3n) is 4.25. The van der Waals surface area contributed by atoms with Crippen molar-refractivity contribution in [1.29, 1.82) is 0 Å². The SMILES string of the molecule is Cc1ccc(NC(=O)CCN2C(=O)CSC2c2ccc(C)cc2)cc1. The lowest BCUT2D eigenvalue weighted by molar-refractivity contribution is -0.128. The van der Waals surface area contributed by atoms with E-state index in [0.29, 0.717) is 18.7 Å². The lowest BCUT2D eigenvalue weighted by atomic mass is 10.1. The Morgan fingerprint density at radius 3 is 2.32 bits per heavy atom. The second-order valence-electron chi connectivity index (χ2n) is 6.33. The number of carbonyl (C=O) groups is 2. The normalized spacial score (nSPS) is 17.0. The Morgan fingerprint density at radius 2 is 1.68 bits per heavy atom. The zero-order chi connectivity index (χ0) is 17.8. The first-order valence-electron chi connectivity index (χ1n) is 8.37. The predicted octanol–water partition coefficient (Wildman–Crippen LogP) is 3.91. The second kappa shape index (κ2) is 7.74. The van der Waals surface area contributed by atoms with E-state index < -0.39 is 0 Å². The van der Waals surface area contributed by atoms with Gasteiger partial charge in [-0.15, -0.1) is 11.8 Å². The molecule has 4 nitrogen and oxygen atoms in total. The van der Waals surface area contributed by atoms with Crippen molar-refractivity contribution in [2.75, 3.05) is 17.6 Å². The summed E-state index contributed by atoms with van der Waals surface area (Å²) in [7, 11) is 0. The number of nitrogens with one attached hydrogen (secondary N) is 1. The van der Waals surface area contributed by atoms with Crippen LogP contribution in [-0.2, 0) is 9.59 Å². The van der Waals surface area contributed by atoms with Crippen LogP contribution in [0.1, 0.15) is 28.5 Å². The number of thioether (sulfide) groups is 1. The molecular weight excluding hydrogens is 332 g/mol. The number of hydrogen-bond donors (Lipinski definition) is 1. The Balaban J connectivity index is 1.60. The van der Waals surface area contributed by atoms with Crippen LogP contribution in [0.4, 0.5) is 5.69 Å². The third-order valence-corrected chi connectivity index (χ3v) is 5.50. The van der Waals surface area contributed by atoms with E-state index >= 15 is 0 Å². The molecule has 0 aromatic heterocycles. The Morgan fingerprint density at radius 1 is 1.08 bits per heavy atom. The minimum absolute atomic E-state index is 0.000255. The second-order valence-corrected chi connectivity index (χ2v) is 7.39. The van der Waals surface area contributed by atoms with Crippen molar-refractivity contribution in [3.05, 3.63) is 65.2 Å². The van der Waals surface area contributed by atoms with Crippen molar-refractivity contribution >= 4 is 29.3 Å². The van der Waals surface area contributed by atoms with Crippen LogP contribution in [0.25, 0.3) is 0 Å². The quantitative estimate of drug-likeness (QED) is 0.886. The highest BCUT2D eigenvalue weighted by Gasteiger charge is 2.32. The molecule has 3 rings (SSSR count). The molecule has 1 heterocycles. The first kappa shape index (κ1) is 17.5. The summed E-state index contributed by atoms with van der Waals surface area (Å²) >= 11 is 1.62. The third kappa shape index (κ3) is 4.42. The minimum Gasteiger partial charge on any atom is -0.326 e. The summed E-state index contributed by atoms with van der Waals surface area (Å²) in [6, 6.07) is 15.9. The van der Waals surface area contributed by atoms with Gasteiger partial charge in [0.1, 0.15) is 5.37 Å². The minimum atomic E-state index is -0.0730. The molecule has 0 saturated carbocycles. The monoisotopic (exact) mass is 354 g/mol. The summed E-state index contributed by atoms with van der Waals surface area (Å²) in [5, 5.41) is 2.89. The van der Waals surface area contributed by atoms with Crippen LogP contribution in [0.3, 0.4) is 0 Å². The Labute approximate surface area is 152 Å². The maximum atomic E-state index is 12.2. The number of hydrogen-bond acceptors (Lipinski definition) is 3. The fourth-order valence-electron chi connectivity index (χ4n) is 2.79. The van der Waals surface area contributed by atoms with Gasteiger partial charge >= 0.3 is 0 Å². The largest absolute Gasteiger partial charge is 0.326 e. The molecule has 1 fully saturated rings. The van der Waals surface area contributed by atoms with Crippen LogP contribution in [0.15, 0.2) is 48.5 Å². The van der Waals surface area contributed by atoms with Gasteiger partial charge in [-0.1, -0.05) is 47.5 Å². The summed E-state index contributed by atoms with van der Waals surface area (Å²) in [6.07, 6.45) is 0.294. The van der Waals surface area contributed by atoms with Gasteiger partial charge in [0.15, 0.2) is 0 Å². The highest BCUT2D eigenvalue weighted by Crippen LogP contribution is 2.38. The fraction of sp³-hybridized carbons (Fsp3) is 0.300. The predicted molar refractivity (Wildman–Crippen MR) is 103 cm³/mol. The number of anilines is 1. The van der Waals surface area contributed by atoms with Gasteiger partial charge in [-0.2, -0.15) is 0 Å². The number of aryl methyl sites for hydroxylation is 2. The van der Waals surface area contributed by atoms with Crippen molar-refractivity contribution in [3.63, 3.8) is 0 Å². The molecule has 1 unspecified atom stereocenters. The Kier molecular flexibility index (Phi) is 5.43. The topological polar surface area (TPSA) is 49.4 Å². The van der Waals surface area contributed by atoms with Gasteiger partial charge in [0.25, 0.3) is 0 Å². The number of carbonyl (C=O) groups excluding carboxylic acids is 2. The van der Waals surface area contributed by atoms with Crippen molar-refractivity contribution in [1.82, 2.24) is 4.90 Å². The molecule has 5 heteroatoms. The van der Waals surface area contributed by atoms with Crippen LogP contribution >= 0.6 is 11.8 Å². The van der Waals surface area contributed by atoms with Crippen molar-refractivity contribution in [3.8, 4) is 0 Å². The van der Waals surface area contributed by atoms with Crippen molar-refractivity contribution in [2.24, 2.45) is 0 Å². The van der Waals surface area contributed by atoms with Crippen LogP contribution < -0.4 is 5.32 Å². The highest BCUT2D eigenvalue weighted by atomic mass is 32.2. The molecule has 1 atom stereocenters. The Bertz CT molecular complexity index is 756. The maximum absolute atomic E-state index is 12.2. The number of rotatable bonds is 5. The number of nitrogens with zero attached hydrogens (tertiary/aromatic N) is 1. The first-order valence-corrected chi connectivity index (χ1v) is 9.42. The molecule has 0 radical (unpaired) electrons. The molecule has 2 aromatic rings. The van der Waals surface area contributed by atoms with Crippen LogP contribution in [-0.4, -0.2) is 29.0 Å². The van der Waals surface area contributed by atoms with E-state index in [1.54, 1.807) is 11.8 Å². The molecule has 2 amide bonds. The van der Waals surface area contributed by atoms with E-state index in [9.17, 15) is 9.59 Å². The van der Waals surface area contributed by atoms with Crippen LogP contribution in [0, 0.1) is 13.8 Å². The van der Waals surface area contributed by atoms with Gasteiger partial charge in [0.2, 0.25) is 11.8 Å². The van der Waals surface area contributed by atoms with Crippen LogP contribution in [0.2, 0.25) is 0 Å². The Hall–Kier alpha value is -2.27. The average molecular weight is 354 g/mol. The molecule has 130 valence electrons. The molecule has 0 bridgehead atoms. The van der Waals surface area contributed by atoms with E-state index in [1.807, 2.05) is 43.0 Å². The summed E-state index contributed by atoms with van der Waals surface area (Å²) in [5.41, 5.74) is 4.24. The summed E-state index contributed by atoms with van der Waals surface area (Å²) in [5.74, 6) is 0.493. The number of benzene rings is 2. The highest BCUT2D eigenvalue weighted by molar-refractivity contribution is 8.00. The summed E-state index contributed by atoms with van der Waals surface area (Å²) in [4.78, 5) is 26.2. The standard InChI is InChI=1S/C20H22N2O2S/c1-14-3-7-16(8-4-14)20-22(19(24)13-25-20)12-11-18(23)21-17-9-5-15(2)6-10-17/h3-10,20H,11-13H2,1-2H3,(H,21,23). The average Bonchev–Trinajstić information content (AvgIpc) is 2.96. The van der Waals surface area contributed by atoms with Gasteiger partial charge < -0.3 is 10.2 Å². The van der Waals surface area contributed by atoms with Gasteiger partial charge in [-0.25, -0.2) is 0 Å². The van der Waals surface area contributed by atoms with Crippen LogP contribution in [0.5, 0.6) is 0 Å². The molecule has 2 aromatic carbocycles. The zero-order valence-electron chi connectivity index (χ0n) is 14.5. The first-order chi connectivity index (χ1) is 12.0. The fourth-order valence-corrected chi connectivity index (χ4v) is 4.00. The molecular formula is C20H22N2O2S. The molecule has 0 aliphatic carbocycles. The lowest BCUT2D eigenvalue weighted by Gasteiger charge is -2.24. The molecule has 25 heavy (non-hydrogen) atoms. The van der Waals surface area contributed by atoms with Crippen molar-refractivity contribution in [2.45, 2.75) is 25.6 Å². The van der Waals surface area contributed by atoms with E-state index in [-0.39, 0.29) is 17.2 Å². The summed E-state index contributed by atoms with van der Waals surface area (Å²) in [6.45, 7) is 4.49. The lowest BCUT2D eigenvalue weighted by Crippen LogP contribution is -2.31. The maximum Gasteiger partial charge on any atom is 0.233 e. The van der Waals surface area contributed by atoms with E-state index in [0.717, 1.165) is 16.8 Å². The molecule has 1 aliphatic rings. The van der Waals surface area contributed by atoms with Gasteiger partial charge in [-0.3, -0.25) is 9.59 Å². The zero-order valence-corrected chi connectivity index (χ0v) is 15.3. The van der Waals surface area contributed by atoms with Gasteiger partial charge in [0.05, 0.1) is 5.75 Å². The molecule has 1 N–H and O–H groups in total. The van der Waals surface area contributed by atoms with Gasteiger partial charge in [-0.05, 0) is 31.5 Å². The van der Waals surface area contributed by atoms with E-state index in [1.165, 1.54) is 5.56 Å². The van der Waals surface area contributed by atoms with E-state index in [2.05, 4.69) is 29.6 Å². The summed E-state index contributed by atoms with van der Waals surface area (Å²) < 4.78 is 0.